The van der Waals surface area contributed by atoms with Crippen molar-refractivity contribution in [1.29, 1.82) is 0 Å². The lowest BCUT2D eigenvalue weighted by molar-refractivity contribution is -0.152. The normalized spacial score (nSPS) is 10.1. The lowest BCUT2D eigenvalue weighted by Crippen LogP contribution is -2.21. The van der Waals surface area contributed by atoms with E-state index in [9.17, 15) is 14.4 Å². The topological polar surface area (TPSA) is 69.7 Å². The third-order valence-electron chi connectivity index (χ3n) is 1.67. The van der Waals surface area contributed by atoms with Gasteiger partial charge in [0.15, 0.2) is 12.4 Å². The summed E-state index contributed by atoms with van der Waals surface area (Å²) in [7, 11) is 1.35. The molecule has 0 atom stereocenters. The van der Waals surface area contributed by atoms with E-state index in [4.69, 9.17) is 0 Å². The van der Waals surface area contributed by atoms with Crippen molar-refractivity contribution in [3.05, 3.63) is 0 Å². The van der Waals surface area contributed by atoms with Gasteiger partial charge in [-0.2, -0.15) is 0 Å². The van der Waals surface area contributed by atoms with Gasteiger partial charge in [-0.15, -0.1) is 0 Å². The second-order valence-electron chi connectivity index (χ2n) is 3.43. The highest BCUT2D eigenvalue weighted by atomic mass is 16.6. The van der Waals surface area contributed by atoms with Crippen molar-refractivity contribution in [1.82, 2.24) is 0 Å². The van der Waals surface area contributed by atoms with E-state index in [1.807, 2.05) is 0 Å². The van der Waals surface area contributed by atoms with Crippen molar-refractivity contribution in [2.45, 2.75) is 20.3 Å². The smallest absolute Gasteiger partial charge is 0.332 e. The highest BCUT2D eigenvalue weighted by molar-refractivity contribution is 6.00. The number of Topliss-reactive ketones (excluding diaryl/α,β-unsaturated/α-hetero) is 2. The molecule has 0 aromatic rings. The first-order valence-electron chi connectivity index (χ1n) is 4.66. The Kier molecular flexibility index (Phi) is 6.53. The Morgan fingerprint density at radius 2 is 1.73 bits per heavy atom. The van der Waals surface area contributed by atoms with Crippen LogP contribution in [0.25, 0.3) is 0 Å². The minimum Gasteiger partial charge on any atom is -0.456 e. The minimum atomic E-state index is -0.608. The van der Waals surface area contributed by atoms with E-state index in [0.29, 0.717) is 0 Å². The van der Waals surface area contributed by atoms with Crippen LogP contribution in [0.4, 0.5) is 0 Å². The maximum absolute atomic E-state index is 11.1. The Hall–Kier alpha value is -1.23. The lowest BCUT2D eigenvalue weighted by Gasteiger charge is -2.04. The molecule has 0 fully saturated rings. The number of carbonyl (C=O) groups excluding carboxylic acids is 3. The number of carbonyl (C=O) groups is 3. The summed E-state index contributed by atoms with van der Waals surface area (Å²) in [6, 6.07) is 0. The van der Waals surface area contributed by atoms with Crippen molar-refractivity contribution in [3.63, 3.8) is 0 Å². The van der Waals surface area contributed by atoms with E-state index >= 15 is 0 Å². The van der Waals surface area contributed by atoms with Crippen molar-refractivity contribution in [2.24, 2.45) is 5.92 Å². The van der Waals surface area contributed by atoms with E-state index in [0.717, 1.165) is 0 Å². The number of hydrogen-bond donors (Lipinski definition) is 0. The monoisotopic (exact) mass is 216 g/mol. The number of ketones is 2. The molecular formula is C10H16O5. The van der Waals surface area contributed by atoms with Crippen LogP contribution in [0.15, 0.2) is 0 Å². The van der Waals surface area contributed by atoms with Crippen molar-refractivity contribution >= 4 is 17.5 Å². The summed E-state index contributed by atoms with van der Waals surface area (Å²) in [5, 5.41) is 0. The van der Waals surface area contributed by atoms with E-state index in [-0.39, 0.29) is 31.3 Å². The molecule has 0 aliphatic rings. The van der Waals surface area contributed by atoms with Gasteiger partial charge in [0, 0.05) is 13.0 Å². The van der Waals surface area contributed by atoms with Gasteiger partial charge in [-0.05, 0) is 0 Å². The zero-order chi connectivity index (χ0) is 11.8. The fraction of sp³-hybridized carbons (Fsp3) is 0.700. The molecule has 0 heterocycles. The van der Waals surface area contributed by atoms with E-state index in [1.165, 1.54) is 7.11 Å². The number of rotatable bonds is 7. The van der Waals surface area contributed by atoms with Gasteiger partial charge in [-0.25, -0.2) is 4.79 Å². The summed E-state index contributed by atoms with van der Waals surface area (Å²) in [6.45, 7) is 2.88. The molecule has 0 radical (unpaired) electrons. The first-order valence-corrected chi connectivity index (χ1v) is 4.66. The maximum atomic E-state index is 11.1. The minimum absolute atomic E-state index is 0.150. The Morgan fingerprint density at radius 1 is 1.13 bits per heavy atom. The van der Waals surface area contributed by atoms with E-state index in [2.05, 4.69) is 9.47 Å². The predicted octanol–water partition coefficient (Wildman–Crippen LogP) is 0.360. The van der Waals surface area contributed by atoms with E-state index < -0.39 is 11.8 Å². The molecule has 15 heavy (non-hydrogen) atoms. The third kappa shape index (κ3) is 6.79. The van der Waals surface area contributed by atoms with Crippen LogP contribution in [0.1, 0.15) is 20.3 Å². The van der Waals surface area contributed by atoms with Crippen LogP contribution in [0.5, 0.6) is 0 Å². The summed E-state index contributed by atoms with van der Waals surface area (Å²) in [6.07, 6.45) is -0.183. The number of hydrogen-bond acceptors (Lipinski definition) is 5. The van der Waals surface area contributed by atoms with Crippen LogP contribution in [-0.2, 0) is 23.9 Å². The zero-order valence-corrected chi connectivity index (χ0v) is 9.24. The maximum Gasteiger partial charge on any atom is 0.332 e. The van der Waals surface area contributed by atoms with Crippen molar-refractivity contribution < 1.29 is 23.9 Å². The van der Waals surface area contributed by atoms with Crippen LogP contribution in [0.2, 0.25) is 0 Å². The molecule has 0 aromatic heterocycles. The highest BCUT2D eigenvalue weighted by Gasteiger charge is 2.14. The average Bonchev–Trinajstić information content (AvgIpc) is 2.15. The first kappa shape index (κ1) is 13.8. The Balaban J connectivity index is 3.76. The Morgan fingerprint density at radius 3 is 2.20 bits per heavy atom. The fourth-order valence-electron chi connectivity index (χ4n) is 0.770. The zero-order valence-electron chi connectivity index (χ0n) is 9.24. The van der Waals surface area contributed by atoms with Crippen LogP contribution in [0.3, 0.4) is 0 Å². The van der Waals surface area contributed by atoms with Gasteiger partial charge >= 0.3 is 5.97 Å². The predicted molar refractivity (Wildman–Crippen MR) is 52.3 cm³/mol. The van der Waals surface area contributed by atoms with Crippen molar-refractivity contribution in [2.75, 3.05) is 20.3 Å². The molecule has 5 nitrogen and oxygen atoms in total. The van der Waals surface area contributed by atoms with Gasteiger partial charge in [0.25, 0.3) is 0 Å². The quantitative estimate of drug-likeness (QED) is 0.454. The van der Waals surface area contributed by atoms with Gasteiger partial charge in [-0.3, -0.25) is 9.59 Å². The molecule has 0 aliphatic carbocycles. The molecule has 0 bridgehead atoms. The number of esters is 1. The van der Waals surface area contributed by atoms with E-state index in [1.54, 1.807) is 13.8 Å². The molecule has 0 unspecified atom stereocenters. The highest BCUT2D eigenvalue weighted by Crippen LogP contribution is 1.99. The summed E-state index contributed by atoms with van der Waals surface area (Å²) < 4.78 is 9.06. The number of methoxy groups -OCH3 is 1. The summed E-state index contributed by atoms with van der Waals surface area (Å²) in [5.41, 5.74) is 0. The molecular weight excluding hydrogens is 200 g/mol. The molecule has 0 spiro atoms. The molecule has 86 valence electrons. The van der Waals surface area contributed by atoms with Gasteiger partial charge in [0.1, 0.15) is 12.4 Å². The summed E-state index contributed by atoms with van der Waals surface area (Å²) in [5.74, 6) is -1.33. The largest absolute Gasteiger partial charge is 0.456 e. The SMILES string of the molecule is COCC(=O)OCC(=O)CC(=O)C(C)C. The molecule has 0 amide bonds. The molecule has 0 saturated heterocycles. The van der Waals surface area contributed by atoms with Crippen molar-refractivity contribution in [3.8, 4) is 0 Å². The van der Waals surface area contributed by atoms with Gasteiger partial charge < -0.3 is 9.47 Å². The summed E-state index contributed by atoms with van der Waals surface area (Å²) in [4.78, 5) is 33.0. The van der Waals surface area contributed by atoms with Crippen LogP contribution in [0, 0.1) is 5.92 Å². The molecule has 0 aromatic carbocycles. The Bertz CT molecular complexity index is 244. The first-order chi connectivity index (χ1) is 6.97. The van der Waals surface area contributed by atoms with Crippen LogP contribution < -0.4 is 0 Å². The average molecular weight is 216 g/mol. The molecule has 5 heteroatoms. The summed E-state index contributed by atoms with van der Waals surface area (Å²) >= 11 is 0. The molecule has 0 saturated carbocycles. The standard InChI is InChI=1S/C10H16O5/c1-7(2)9(12)4-8(11)5-15-10(13)6-14-3/h7H,4-6H2,1-3H3. The number of ether oxygens (including phenoxy) is 2. The lowest BCUT2D eigenvalue weighted by atomic mass is 10.0. The Labute approximate surface area is 88.7 Å². The molecule has 0 N–H and O–H groups in total. The second-order valence-corrected chi connectivity index (χ2v) is 3.43. The molecule has 0 aliphatic heterocycles. The molecule has 0 rings (SSSR count). The van der Waals surface area contributed by atoms with Gasteiger partial charge in [0.05, 0.1) is 6.42 Å². The van der Waals surface area contributed by atoms with Crippen LogP contribution in [-0.4, -0.2) is 37.9 Å². The fourth-order valence-corrected chi connectivity index (χ4v) is 0.770. The van der Waals surface area contributed by atoms with Gasteiger partial charge in [0.2, 0.25) is 0 Å². The van der Waals surface area contributed by atoms with Crippen LogP contribution >= 0.6 is 0 Å². The second kappa shape index (κ2) is 7.11. The third-order valence-corrected chi connectivity index (χ3v) is 1.67. The van der Waals surface area contributed by atoms with Gasteiger partial charge in [-0.1, -0.05) is 13.8 Å².